The second-order valence-corrected chi connectivity index (χ2v) is 10.5. The van der Waals surface area contributed by atoms with Crippen LogP contribution in [0.15, 0.2) is 152 Å². The molecular weight excluding hydrogens is 718 g/mol. The zero-order valence-corrected chi connectivity index (χ0v) is 25.9. The van der Waals surface area contributed by atoms with Gasteiger partial charge in [0.1, 0.15) is 5.82 Å². The van der Waals surface area contributed by atoms with E-state index in [1.165, 1.54) is 5.39 Å². The van der Waals surface area contributed by atoms with Crippen molar-refractivity contribution in [3.05, 3.63) is 164 Å². The molecule has 0 saturated heterocycles. The SMILES string of the molecule is [Pt+2].[c-]1c(-c2ccccc2-c2[c-]c3c(cc2)c2ccccc2n3-c2ccccn2)cccc1-c1ccccc1-c1ccccn1. The van der Waals surface area contributed by atoms with E-state index >= 15 is 0 Å². The monoisotopic (exact) mass is 742 g/mol. The third kappa shape index (κ3) is 4.86. The Morgan fingerprint density at radius 3 is 1.70 bits per heavy atom. The Morgan fingerprint density at radius 2 is 1.02 bits per heavy atom. The number of benzene rings is 5. The minimum absolute atomic E-state index is 0. The first-order valence-electron chi connectivity index (χ1n) is 14.3. The molecule has 0 aliphatic heterocycles. The van der Waals surface area contributed by atoms with Crippen LogP contribution in [0.5, 0.6) is 0 Å². The van der Waals surface area contributed by atoms with E-state index in [0.717, 1.165) is 66.9 Å². The number of nitrogens with zero attached hydrogens (tertiary/aromatic N) is 3. The second-order valence-electron chi connectivity index (χ2n) is 10.5. The van der Waals surface area contributed by atoms with Crippen LogP contribution in [0.3, 0.4) is 0 Å². The molecule has 0 fully saturated rings. The molecule has 3 heterocycles. The predicted molar refractivity (Wildman–Crippen MR) is 176 cm³/mol. The van der Waals surface area contributed by atoms with Crippen LogP contribution in [0, 0.1) is 12.1 Å². The molecule has 0 amide bonds. The van der Waals surface area contributed by atoms with Crippen LogP contribution in [-0.2, 0) is 21.1 Å². The molecule has 0 spiro atoms. The Hall–Kier alpha value is -5.11. The van der Waals surface area contributed by atoms with Gasteiger partial charge in [0.2, 0.25) is 0 Å². The number of fused-ring (bicyclic) bond motifs is 3. The van der Waals surface area contributed by atoms with Crippen LogP contribution in [-0.4, -0.2) is 14.5 Å². The summed E-state index contributed by atoms with van der Waals surface area (Å²) in [4.78, 5) is 9.30. The summed E-state index contributed by atoms with van der Waals surface area (Å²) in [5.41, 5.74) is 10.6. The third-order valence-electron chi connectivity index (χ3n) is 7.92. The van der Waals surface area contributed by atoms with Crippen LogP contribution < -0.4 is 0 Å². The van der Waals surface area contributed by atoms with E-state index in [0.29, 0.717) is 0 Å². The predicted octanol–water partition coefficient (Wildman–Crippen LogP) is 9.84. The van der Waals surface area contributed by atoms with E-state index in [2.05, 4.69) is 130 Å². The number of rotatable bonds is 5. The summed E-state index contributed by atoms with van der Waals surface area (Å²) < 4.78 is 2.21. The maximum Gasteiger partial charge on any atom is 2.00 e. The molecule has 0 saturated carbocycles. The molecule has 5 aromatic carbocycles. The van der Waals surface area contributed by atoms with Gasteiger partial charge in [0.15, 0.2) is 0 Å². The molecule has 0 radical (unpaired) electrons. The quantitative estimate of drug-likeness (QED) is 0.165. The third-order valence-corrected chi connectivity index (χ3v) is 7.92. The van der Waals surface area contributed by atoms with Crippen molar-refractivity contribution in [3.63, 3.8) is 0 Å². The van der Waals surface area contributed by atoms with E-state index < -0.39 is 0 Å². The van der Waals surface area contributed by atoms with Crippen molar-refractivity contribution in [3.8, 4) is 50.5 Å². The summed E-state index contributed by atoms with van der Waals surface area (Å²) in [7, 11) is 0. The normalized spacial score (nSPS) is 11.0. The Kier molecular flexibility index (Phi) is 7.48. The molecule has 3 aromatic heterocycles. The summed E-state index contributed by atoms with van der Waals surface area (Å²) in [6, 6.07) is 55.7. The zero-order valence-electron chi connectivity index (χ0n) is 23.6. The van der Waals surface area contributed by atoms with Gasteiger partial charge >= 0.3 is 21.1 Å². The second kappa shape index (κ2) is 11.9. The maximum atomic E-state index is 4.69. The summed E-state index contributed by atoms with van der Waals surface area (Å²) in [5.74, 6) is 0.878. The topological polar surface area (TPSA) is 30.7 Å². The number of para-hydroxylation sites is 1. The number of aromatic nitrogens is 3. The van der Waals surface area contributed by atoms with Crippen LogP contribution in [0.2, 0.25) is 0 Å². The van der Waals surface area contributed by atoms with Crippen molar-refractivity contribution in [1.82, 2.24) is 14.5 Å². The van der Waals surface area contributed by atoms with Gasteiger partial charge in [-0.05, 0) is 46.8 Å². The van der Waals surface area contributed by atoms with E-state index in [1.54, 1.807) is 0 Å². The average molecular weight is 743 g/mol. The molecule has 8 aromatic rings. The van der Waals surface area contributed by atoms with Crippen molar-refractivity contribution < 1.29 is 21.1 Å². The van der Waals surface area contributed by atoms with Gasteiger partial charge in [0, 0.05) is 17.9 Å². The van der Waals surface area contributed by atoms with Crippen molar-refractivity contribution in [2.45, 2.75) is 0 Å². The van der Waals surface area contributed by atoms with Gasteiger partial charge in [0.25, 0.3) is 0 Å². The van der Waals surface area contributed by atoms with Crippen LogP contribution in [0.1, 0.15) is 0 Å². The molecule has 0 aliphatic carbocycles. The molecule has 0 bridgehead atoms. The van der Waals surface area contributed by atoms with E-state index in [4.69, 9.17) is 0 Å². The van der Waals surface area contributed by atoms with Gasteiger partial charge < -0.3 is 4.57 Å². The molecule has 210 valence electrons. The fourth-order valence-corrected chi connectivity index (χ4v) is 5.97. The Labute approximate surface area is 270 Å². The van der Waals surface area contributed by atoms with Gasteiger partial charge in [-0.2, -0.15) is 0 Å². The molecule has 3 nitrogen and oxygen atoms in total. The number of hydrogen-bond donors (Lipinski definition) is 0. The average Bonchev–Trinajstić information content (AvgIpc) is 3.43. The first kappa shape index (κ1) is 27.7. The number of pyridine rings is 2. The fraction of sp³-hybridized carbons (Fsp3) is 0. The van der Waals surface area contributed by atoms with Gasteiger partial charge in [-0.25, -0.2) is 4.98 Å². The van der Waals surface area contributed by atoms with Crippen molar-refractivity contribution in [2.24, 2.45) is 0 Å². The molecule has 8 rings (SSSR count). The molecule has 0 atom stereocenters. The van der Waals surface area contributed by atoms with Gasteiger partial charge in [-0.1, -0.05) is 83.7 Å². The molecule has 4 heteroatoms. The van der Waals surface area contributed by atoms with Crippen molar-refractivity contribution >= 4 is 21.8 Å². The van der Waals surface area contributed by atoms with Crippen LogP contribution in [0.25, 0.3) is 72.3 Å². The standard InChI is InChI=1S/C40H25N3.Pt/c1-2-15-32(30-22-23-36-35-18-5-6-20-38(35)43(39(36)27-30)40-21-8-10-25-42-40)31(14-1)28-12-11-13-29(26-28)33-16-3-4-17-34(33)37-19-7-9-24-41-37;/h1-25H;/q-2;+2. The zero-order chi connectivity index (χ0) is 28.6. The minimum atomic E-state index is 0. The van der Waals surface area contributed by atoms with Gasteiger partial charge in [-0.15, -0.1) is 76.3 Å². The first-order valence-corrected chi connectivity index (χ1v) is 14.3. The van der Waals surface area contributed by atoms with E-state index in [9.17, 15) is 0 Å². The molecule has 0 aliphatic rings. The Morgan fingerprint density at radius 1 is 0.432 bits per heavy atom. The largest absolute Gasteiger partial charge is 2.00 e. The van der Waals surface area contributed by atoms with E-state index in [-0.39, 0.29) is 21.1 Å². The summed E-state index contributed by atoms with van der Waals surface area (Å²) in [6.07, 6.45) is 3.67. The van der Waals surface area contributed by atoms with Crippen LogP contribution in [0.4, 0.5) is 0 Å². The fourth-order valence-electron chi connectivity index (χ4n) is 5.97. The van der Waals surface area contributed by atoms with E-state index in [1.807, 2.05) is 48.8 Å². The van der Waals surface area contributed by atoms with Crippen molar-refractivity contribution in [1.29, 1.82) is 0 Å². The Balaban J connectivity index is 0.00000312. The maximum absolute atomic E-state index is 4.69. The van der Waals surface area contributed by atoms with Crippen molar-refractivity contribution in [2.75, 3.05) is 0 Å². The molecule has 44 heavy (non-hydrogen) atoms. The molecule has 0 N–H and O–H groups in total. The smallest absolute Gasteiger partial charge is 0.313 e. The molecular formula is C40H25N3Pt. The minimum Gasteiger partial charge on any atom is -0.313 e. The summed E-state index contributed by atoms with van der Waals surface area (Å²) >= 11 is 0. The summed E-state index contributed by atoms with van der Waals surface area (Å²) in [6.45, 7) is 0. The Bertz CT molecular complexity index is 2240. The van der Waals surface area contributed by atoms with Gasteiger partial charge in [-0.3, -0.25) is 4.98 Å². The molecule has 0 unspecified atom stereocenters. The van der Waals surface area contributed by atoms with Crippen LogP contribution >= 0.6 is 0 Å². The first-order chi connectivity index (χ1) is 21.3. The summed E-state index contributed by atoms with van der Waals surface area (Å²) in [5, 5.41) is 2.34. The number of hydrogen-bond acceptors (Lipinski definition) is 2. The van der Waals surface area contributed by atoms with Gasteiger partial charge in [0.05, 0.1) is 5.69 Å².